The fraction of sp³-hybridized carbons (Fsp3) is 0.182. The van der Waals surface area contributed by atoms with E-state index in [2.05, 4.69) is 31.1 Å². The third-order valence-electron chi connectivity index (χ3n) is 2.52. The first-order chi connectivity index (χ1) is 8.15. The number of aromatic nitrogens is 4. The molecule has 0 radical (unpaired) electrons. The van der Waals surface area contributed by atoms with Gasteiger partial charge >= 0.3 is 0 Å². The molecule has 0 unspecified atom stereocenters. The van der Waals surface area contributed by atoms with E-state index in [-0.39, 0.29) is 0 Å². The molecular formula is C11H9BrN4O. The summed E-state index contributed by atoms with van der Waals surface area (Å²) < 4.78 is 8.26. The lowest BCUT2D eigenvalue weighted by atomic mass is 10.2. The molecule has 3 aromatic rings. The number of halogens is 1. The van der Waals surface area contributed by atoms with Crippen molar-refractivity contribution in [2.45, 2.75) is 13.8 Å². The topological polar surface area (TPSA) is 56.2 Å². The number of aryl methyl sites for hydroxylation is 2. The van der Waals surface area contributed by atoms with E-state index in [4.69, 9.17) is 4.42 Å². The molecule has 0 amide bonds. The lowest BCUT2D eigenvalue weighted by Crippen LogP contribution is -1.91. The Morgan fingerprint density at radius 3 is 2.82 bits per heavy atom. The minimum absolute atomic E-state index is 0.521. The van der Waals surface area contributed by atoms with Gasteiger partial charge < -0.3 is 4.42 Å². The highest BCUT2D eigenvalue weighted by atomic mass is 79.9. The van der Waals surface area contributed by atoms with Crippen molar-refractivity contribution >= 4 is 21.6 Å². The van der Waals surface area contributed by atoms with Gasteiger partial charge in [-0.15, -0.1) is 10.2 Å². The van der Waals surface area contributed by atoms with Crippen LogP contribution in [0, 0.1) is 13.8 Å². The number of rotatable bonds is 1. The number of nitrogens with zero attached hydrogens (tertiary/aromatic N) is 4. The molecule has 6 heteroatoms. The van der Waals surface area contributed by atoms with Crippen molar-refractivity contribution < 1.29 is 4.42 Å². The maximum Gasteiger partial charge on any atom is 0.249 e. The Kier molecular flexibility index (Phi) is 2.25. The van der Waals surface area contributed by atoms with Crippen LogP contribution in [0.4, 0.5) is 0 Å². The predicted octanol–water partition coefficient (Wildman–Crippen LogP) is 2.76. The zero-order chi connectivity index (χ0) is 12.0. The Bertz CT molecular complexity index is 701. The number of hydrogen-bond acceptors (Lipinski definition) is 4. The monoisotopic (exact) mass is 292 g/mol. The van der Waals surface area contributed by atoms with E-state index in [9.17, 15) is 0 Å². The van der Waals surface area contributed by atoms with Crippen LogP contribution in [0.1, 0.15) is 11.5 Å². The first-order valence-corrected chi connectivity index (χ1v) is 5.88. The molecule has 0 saturated heterocycles. The summed E-state index contributed by atoms with van der Waals surface area (Å²) in [5.74, 6) is 1.08. The Morgan fingerprint density at radius 1 is 1.29 bits per heavy atom. The second-order valence-electron chi connectivity index (χ2n) is 3.81. The number of hydrogen-bond donors (Lipinski definition) is 0. The second-order valence-corrected chi connectivity index (χ2v) is 4.63. The Morgan fingerprint density at radius 2 is 2.12 bits per heavy atom. The molecule has 0 aromatic carbocycles. The lowest BCUT2D eigenvalue weighted by molar-refractivity contribution is 0.532. The van der Waals surface area contributed by atoms with E-state index in [1.807, 2.05) is 23.6 Å². The Hall–Kier alpha value is -1.69. The third kappa shape index (κ3) is 1.64. The first-order valence-electron chi connectivity index (χ1n) is 5.09. The molecule has 0 atom stereocenters. The van der Waals surface area contributed by atoms with Crippen molar-refractivity contribution in [1.82, 2.24) is 19.6 Å². The molecule has 0 aliphatic heterocycles. The van der Waals surface area contributed by atoms with Gasteiger partial charge in [0, 0.05) is 13.1 Å². The van der Waals surface area contributed by atoms with E-state index in [1.165, 1.54) is 0 Å². The van der Waals surface area contributed by atoms with Crippen molar-refractivity contribution in [1.29, 1.82) is 0 Å². The Labute approximate surface area is 106 Å². The van der Waals surface area contributed by atoms with E-state index >= 15 is 0 Å². The maximum absolute atomic E-state index is 5.42. The third-order valence-corrected chi connectivity index (χ3v) is 3.10. The highest BCUT2D eigenvalue weighted by Crippen LogP contribution is 2.23. The van der Waals surface area contributed by atoms with Gasteiger partial charge in [0.25, 0.3) is 0 Å². The second kappa shape index (κ2) is 3.66. The quantitative estimate of drug-likeness (QED) is 0.692. The zero-order valence-electron chi connectivity index (χ0n) is 9.31. The first kappa shape index (κ1) is 10.5. The summed E-state index contributed by atoms with van der Waals surface area (Å²) >= 11 is 3.45. The van der Waals surface area contributed by atoms with Gasteiger partial charge in [0.1, 0.15) is 10.3 Å². The molecule has 86 valence electrons. The molecule has 3 heterocycles. The summed E-state index contributed by atoms with van der Waals surface area (Å²) in [7, 11) is 0. The smallest absolute Gasteiger partial charge is 0.249 e. The SMILES string of the molecule is Cc1nnc(-c2cc(C)c3ncc(Br)n3c2)o1. The van der Waals surface area contributed by atoms with Gasteiger partial charge in [0.2, 0.25) is 11.8 Å². The number of fused-ring (bicyclic) bond motifs is 1. The van der Waals surface area contributed by atoms with Crippen LogP contribution in [-0.4, -0.2) is 19.6 Å². The number of imidazole rings is 1. The van der Waals surface area contributed by atoms with E-state index in [0.29, 0.717) is 11.8 Å². The largest absolute Gasteiger partial charge is 0.421 e. The van der Waals surface area contributed by atoms with Crippen molar-refractivity contribution in [3.05, 3.63) is 34.5 Å². The molecule has 0 aliphatic rings. The summed E-state index contributed by atoms with van der Waals surface area (Å²) in [4.78, 5) is 4.31. The van der Waals surface area contributed by atoms with Crippen molar-refractivity contribution in [3.63, 3.8) is 0 Å². The van der Waals surface area contributed by atoms with Gasteiger partial charge in [0.15, 0.2) is 0 Å². The van der Waals surface area contributed by atoms with Crippen molar-refractivity contribution in [2.75, 3.05) is 0 Å². The van der Waals surface area contributed by atoms with Crippen LogP contribution < -0.4 is 0 Å². The van der Waals surface area contributed by atoms with E-state index in [0.717, 1.165) is 21.4 Å². The van der Waals surface area contributed by atoms with Crippen molar-refractivity contribution in [3.8, 4) is 11.5 Å². The van der Waals surface area contributed by atoms with Crippen LogP contribution in [0.15, 0.2) is 27.5 Å². The van der Waals surface area contributed by atoms with Crippen molar-refractivity contribution in [2.24, 2.45) is 0 Å². The van der Waals surface area contributed by atoms with Gasteiger partial charge in [0.05, 0.1) is 11.8 Å². The molecule has 3 rings (SSSR count). The fourth-order valence-electron chi connectivity index (χ4n) is 1.76. The van der Waals surface area contributed by atoms with Crippen LogP contribution in [0.25, 0.3) is 17.1 Å². The highest BCUT2D eigenvalue weighted by molar-refractivity contribution is 9.10. The minimum Gasteiger partial charge on any atom is -0.421 e. The molecule has 3 aromatic heterocycles. The highest BCUT2D eigenvalue weighted by Gasteiger charge is 2.11. The fourth-order valence-corrected chi connectivity index (χ4v) is 2.13. The lowest BCUT2D eigenvalue weighted by Gasteiger charge is -2.02. The van der Waals surface area contributed by atoms with Gasteiger partial charge in [-0.05, 0) is 34.5 Å². The van der Waals surface area contributed by atoms with Crippen LogP contribution >= 0.6 is 15.9 Å². The number of pyridine rings is 1. The van der Waals surface area contributed by atoms with Crippen LogP contribution in [0.2, 0.25) is 0 Å². The van der Waals surface area contributed by atoms with E-state index in [1.54, 1.807) is 13.1 Å². The van der Waals surface area contributed by atoms with Gasteiger partial charge in [-0.3, -0.25) is 4.40 Å². The average molecular weight is 293 g/mol. The summed E-state index contributed by atoms with van der Waals surface area (Å²) in [6, 6.07) is 1.99. The van der Waals surface area contributed by atoms with Gasteiger partial charge in [-0.1, -0.05) is 0 Å². The molecule has 5 nitrogen and oxygen atoms in total. The summed E-state index contributed by atoms with van der Waals surface area (Å²) in [5, 5.41) is 7.84. The standard InChI is InChI=1S/C11H9BrN4O/c1-6-3-8(11-15-14-7(2)17-11)5-16-9(12)4-13-10(6)16/h3-5H,1-2H3. The van der Waals surface area contributed by atoms with Gasteiger partial charge in [-0.25, -0.2) is 4.98 Å². The molecule has 0 bridgehead atoms. The summed E-state index contributed by atoms with van der Waals surface area (Å²) in [5.41, 5.74) is 2.86. The summed E-state index contributed by atoms with van der Waals surface area (Å²) in [6.07, 6.45) is 3.69. The summed E-state index contributed by atoms with van der Waals surface area (Å²) in [6.45, 7) is 3.77. The van der Waals surface area contributed by atoms with Crippen LogP contribution in [-0.2, 0) is 0 Å². The minimum atomic E-state index is 0.521. The molecule has 0 aliphatic carbocycles. The molecule has 0 fully saturated rings. The zero-order valence-corrected chi connectivity index (χ0v) is 10.9. The Balaban J connectivity index is 2.27. The normalized spacial score (nSPS) is 11.2. The molecule has 0 saturated carbocycles. The molecule has 17 heavy (non-hydrogen) atoms. The van der Waals surface area contributed by atoms with Gasteiger partial charge in [-0.2, -0.15) is 0 Å². The van der Waals surface area contributed by atoms with E-state index < -0.39 is 0 Å². The average Bonchev–Trinajstić information content (AvgIpc) is 2.87. The molecular weight excluding hydrogens is 284 g/mol. The van der Waals surface area contributed by atoms with Crippen LogP contribution in [0.5, 0.6) is 0 Å². The maximum atomic E-state index is 5.42. The van der Waals surface area contributed by atoms with Crippen LogP contribution in [0.3, 0.4) is 0 Å². The predicted molar refractivity (Wildman–Crippen MR) is 65.7 cm³/mol. The molecule has 0 N–H and O–H groups in total. The molecule has 0 spiro atoms.